The third-order valence-corrected chi connectivity index (χ3v) is 2.75. The lowest BCUT2D eigenvalue weighted by Crippen LogP contribution is -2.28. The first-order valence-electron chi connectivity index (χ1n) is 5.77. The summed E-state index contributed by atoms with van der Waals surface area (Å²) in [7, 11) is 1.69. The van der Waals surface area contributed by atoms with Crippen molar-refractivity contribution < 1.29 is 14.3 Å². The summed E-state index contributed by atoms with van der Waals surface area (Å²) < 4.78 is 5.09. The van der Waals surface area contributed by atoms with Gasteiger partial charge in [0.2, 0.25) is 0 Å². The molecule has 2 amide bonds. The Labute approximate surface area is 105 Å². The van der Waals surface area contributed by atoms with Gasteiger partial charge in [0.25, 0.3) is 5.91 Å². The third kappa shape index (κ3) is 2.97. The van der Waals surface area contributed by atoms with Gasteiger partial charge in [0.05, 0.1) is 6.54 Å². The minimum Gasteiger partial charge on any atom is -0.444 e. The molecule has 2 rings (SSSR count). The van der Waals surface area contributed by atoms with Gasteiger partial charge in [-0.15, -0.1) is 0 Å². The molecule has 0 spiro atoms. The molecule has 18 heavy (non-hydrogen) atoms. The topological polar surface area (TPSA) is 71.5 Å². The fourth-order valence-electron chi connectivity index (χ4n) is 1.75. The van der Waals surface area contributed by atoms with Gasteiger partial charge in [0, 0.05) is 38.0 Å². The number of hydrogen-bond acceptors (Lipinski definition) is 4. The first-order chi connectivity index (χ1) is 8.66. The van der Waals surface area contributed by atoms with Crippen molar-refractivity contribution in [3.05, 3.63) is 30.1 Å². The van der Waals surface area contributed by atoms with E-state index in [1.54, 1.807) is 31.6 Å². The smallest absolute Gasteiger partial charge is 0.409 e. The van der Waals surface area contributed by atoms with Crippen molar-refractivity contribution in [2.45, 2.75) is 12.5 Å². The van der Waals surface area contributed by atoms with Crippen LogP contribution in [0.4, 0.5) is 4.79 Å². The van der Waals surface area contributed by atoms with E-state index in [1.165, 1.54) is 4.90 Å². The number of aromatic nitrogens is 1. The number of likely N-dealkylation sites (N-methyl/N-ethyl adjacent to an activating group) is 1. The number of nitrogens with zero attached hydrogens (tertiary/aromatic N) is 2. The first kappa shape index (κ1) is 12.3. The maximum Gasteiger partial charge on any atom is 0.409 e. The number of rotatable bonds is 4. The van der Waals surface area contributed by atoms with Crippen LogP contribution in [0.15, 0.2) is 24.5 Å². The summed E-state index contributed by atoms with van der Waals surface area (Å²) in [6.07, 6.45) is 3.32. The van der Waals surface area contributed by atoms with E-state index in [4.69, 9.17) is 4.74 Å². The largest absolute Gasteiger partial charge is 0.444 e. The fourth-order valence-corrected chi connectivity index (χ4v) is 1.75. The molecule has 0 saturated carbocycles. The Kier molecular flexibility index (Phi) is 3.76. The molecule has 1 unspecified atom stereocenters. The van der Waals surface area contributed by atoms with Crippen LogP contribution in [0.5, 0.6) is 0 Å². The standard InChI is InChI=1S/C12H15N3O3/c1-15-8-10(18-12(15)17)4-7-14-11(16)9-2-5-13-6-3-9/h2-3,5-6,10H,4,7-8H2,1H3,(H,14,16). The molecule has 0 bridgehead atoms. The SMILES string of the molecule is CN1CC(CCNC(=O)c2ccncc2)OC1=O. The van der Waals surface area contributed by atoms with Gasteiger partial charge in [0.1, 0.15) is 6.10 Å². The van der Waals surface area contributed by atoms with Crippen molar-refractivity contribution in [1.82, 2.24) is 15.2 Å². The molecule has 1 fully saturated rings. The zero-order valence-electron chi connectivity index (χ0n) is 10.1. The normalized spacial score (nSPS) is 18.6. The van der Waals surface area contributed by atoms with E-state index < -0.39 is 0 Å². The van der Waals surface area contributed by atoms with Crippen LogP contribution in [-0.2, 0) is 4.74 Å². The Hall–Kier alpha value is -2.11. The number of cyclic esters (lactones) is 1. The highest BCUT2D eigenvalue weighted by Gasteiger charge is 2.27. The molecule has 1 atom stereocenters. The maximum absolute atomic E-state index is 11.7. The molecule has 1 saturated heterocycles. The molecule has 1 aromatic heterocycles. The van der Waals surface area contributed by atoms with Gasteiger partial charge < -0.3 is 15.0 Å². The lowest BCUT2D eigenvalue weighted by atomic mass is 10.2. The molecule has 6 heteroatoms. The van der Waals surface area contributed by atoms with Gasteiger partial charge in [-0.1, -0.05) is 0 Å². The summed E-state index contributed by atoms with van der Waals surface area (Å²) in [5.41, 5.74) is 0.575. The lowest BCUT2D eigenvalue weighted by molar-refractivity contribution is 0.0944. The molecular weight excluding hydrogens is 234 g/mol. The molecule has 1 N–H and O–H groups in total. The second-order valence-electron chi connectivity index (χ2n) is 4.17. The first-order valence-corrected chi connectivity index (χ1v) is 5.77. The third-order valence-electron chi connectivity index (χ3n) is 2.75. The number of hydrogen-bond donors (Lipinski definition) is 1. The highest BCUT2D eigenvalue weighted by molar-refractivity contribution is 5.93. The van der Waals surface area contributed by atoms with E-state index in [0.29, 0.717) is 25.1 Å². The van der Waals surface area contributed by atoms with Crippen LogP contribution in [-0.4, -0.2) is 48.1 Å². The minimum absolute atomic E-state index is 0.139. The maximum atomic E-state index is 11.7. The quantitative estimate of drug-likeness (QED) is 0.850. The second-order valence-corrected chi connectivity index (χ2v) is 4.17. The van der Waals surface area contributed by atoms with Gasteiger partial charge in [0.15, 0.2) is 0 Å². The predicted molar refractivity (Wildman–Crippen MR) is 64.1 cm³/mol. The number of ether oxygens (including phenoxy) is 1. The summed E-state index contributed by atoms with van der Waals surface area (Å²) in [6, 6.07) is 3.30. The summed E-state index contributed by atoms with van der Waals surface area (Å²) in [5.74, 6) is -0.143. The molecule has 0 aliphatic carbocycles. The van der Waals surface area contributed by atoms with E-state index in [9.17, 15) is 9.59 Å². The summed E-state index contributed by atoms with van der Waals surface area (Å²) in [5, 5.41) is 2.78. The zero-order valence-corrected chi connectivity index (χ0v) is 10.1. The average Bonchev–Trinajstić information content (AvgIpc) is 2.69. The fraction of sp³-hybridized carbons (Fsp3) is 0.417. The van der Waals surface area contributed by atoms with Crippen LogP contribution in [0.2, 0.25) is 0 Å². The predicted octanol–water partition coefficient (Wildman–Crippen LogP) is 0.652. The molecule has 0 aromatic carbocycles. The molecule has 96 valence electrons. The number of carbonyl (C=O) groups excluding carboxylic acids is 2. The molecule has 1 aliphatic rings. The van der Waals surface area contributed by atoms with E-state index >= 15 is 0 Å². The lowest BCUT2D eigenvalue weighted by Gasteiger charge is -2.09. The van der Waals surface area contributed by atoms with E-state index in [0.717, 1.165) is 0 Å². The second kappa shape index (κ2) is 5.48. The van der Waals surface area contributed by atoms with Gasteiger partial charge >= 0.3 is 6.09 Å². The summed E-state index contributed by atoms with van der Waals surface area (Å²) in [6.45, 7) is 1.05. The molecule has 1 aromatic rings. The Bertz CT molecular complexity index is 435. The molecule has 2 heterocycles. The van der Waals surface area contributed by atoms with Gasteiger partial charge in [-0.2, -0.15) is 0 Å². The number of pyridine rings is 1. The number of amides is 2. The minimum atomic E-state index is -0.305. The van der Waals surface area contributed by atoms with Gasteiger partial charge in [-0.05, 0) is 12.1 Å². The monoisotopic (exact) mass is 249 g/mol. The Morgan fingerprint density at radius 1 is 1.56 bits per heavy atom. The Balaban J connectivity index is 1.73. The van der Waals surface area contributed by atoms with Gasteiger partial charge in [-0.3, -0.25) is 9.78 Å². The van der Waals surface area contributed by atoms with Crippen LogP contribution in [0.3, 0.4) is 0 Å². The van der Waals surface area contributed by atoms with Crippen molar-refractivity contribution in [2.24, 2.45) is 0 Å². The van der Waals surface area contributed by atoms with Crippen molar-refractivity contribution in [1.29, 1.82) is 0 Å². The number of carbonyl (C=O) groups is 2. The van der Waals surface area contributed by atoms with E-state index in [2.05, 4.69) is 10.3 Å². The van der Waals surface area contributed by atoms with Crippen LogP contribution in [0.25, 0.3) is 0 Å². The highest BCUT2D eigenvalue weighted by Crippen LogP contribution is 2.11. The van der Waals surface area contributed by atoms with E-state index in [-0.39, 0.29) is 18.1 Å². The Morgan fingerprint density at radius 3 is 2.89 bits per heavy atom. The average molecular weight is 249 g/mol. The van der Waals surface area contributed by atoms with Crippen LogP contribution in [0.1, 0.15) is 16.8 Å². The van der Waals surface area contributed by atoms with Crippen LogP contribution >= 0.6 is 0 Å². The Morgan fingerprint density at radius 2 is 2.28 bits per heavy atom. The zero-order chi connectivity index (χ0) is 13.0. The van der Waals surface area contributed by atoms with Crippen LogP contribution in [0, 0.1) is 0 Å². The van der Waals surface area contributed by atoms with Crippen molar-refractivity contribution in [3.8, 4) is 0 Å². The van der Waals surface area contributed by atoms with Crippen molar-refractivity contribution in [2.75, 3.05) is 20.1 Å². The summed E-state index contributed by atoms with van der Waals surface area (Å²) >= 11 is 0. The van der Waals surface area contributed by atoms with Gasteiger partial charge in [-0.25, -0.2) is 4.79 Å². The van der Waals surface area contributed by atoms with Crippen molar-refractivity contribution >= 4 is 12.0 Å². The summed E-state index contributed by atoms with van der Waals surface area (Å²) in [4.78, 5) is 28.2. The van der Waals surface area contributed by atoms with Crippen LogP contribution < -0.4 is 5.32 Å². The molecule has 1 aliphatic heterocycles. The molecule has 6 nitrogen and oxygen atoms in total. The molecule has 0 radical (unpaired) electrons. The van der Waals surface area contributed by atoms with Crippen molar-refractivity contribution in [3.63, 3.8) is 0 Å². The number of nitrogens with one attached hydrogen (secondary N) is 1. The highest BCUT2D eigenvalue weighted by atomic mass is 16.6. The van der Waals surface area contributed by atoms with E-state index in [1.807, 2.05) is 0 Å². The molecular formula is C12H15N3O3.